The summed E-state index contributed by atoms with van der Waals surface area (Å²) in [7, 11) is 0. The van der Waals surface area contributed by atoms with Crippen molar-refractivity contribution in [1.29, 1.82) is 0 Å². The molecule has 1 saturated heterocycles. The standard InChI is InChI=1S/C12H24N2O2/c1-9-7-14(8-12(4,5)16-9)10(15)6-11(2,3)13/h9H,6-8,13H2,1-5H3. The highest BCUT2D eigenvalue weighted by Gasteiger charge is 2.34. The fourth-order valence-corrected chi connectivity index (χ4v) is 2.15. The van der Waals surface area contributed by atoms with Crippen LogP contribution >= 0.6 is 0 Å². The molecule has 0 aliphatic carbocycles. The van der Waals surface area contributed by atoms with E-state index in [1.54, 1.807) is 0 Å². The van der Waals surface area contributed by atoms with Crippen molar-refractivity contribution in [3.63, 3.8) is 0 Å². The van der Waals surface area contributed by atoms with E-state index in [4.69, 9.17) is 10.5 Å². The van der Waals surface area contributed by atoms with E-state index < -0.39 is 5.54 Å². The third kappa shape index (κ3) is 4.10. The van der Waals surface area contributed by atoms with Crippen LogP contribution in [0.1, 0.15) is 41.0 Å². The molecule has 4 heteroatoms. The van der Waals surface area contributed by atoms with Gasteiger partial charge in [-0.25, -0.2) is 0 Å². The Morgan fingerprint density at radius 1 is 1.56 bits per heavy atom. The first-order valence-corrected chi connectivity index (χ1v) is 5.83. The van der Waals surface area contributed by atoms with Gasteiger partial charge in [-0.1, -0.05) is 0 Å². The summed E-state index contributed by atoms with van der Waals surface area (Å²) in [5.74, 6) is 0.121. The molecule has 0 spiro atoms. The fourth-order valence-electron chi connectivity index (χ4n) is 2.15. The van der Waals surface area contributed by atoms with Crippen LogP contribution in [0.2, 0.25) is 0 Å². The molecule has 94 valence electrons. The van der Waals surface area contributed by atoms with Crippen molar-refractivity contribution in [1.82, 2.24) is 4.90 Å². The van der Waals surface area contributed by atoms with Crippen molar-refractivity contribution in [2.75, 3.05) is 13.1 Å². The van der Waals surface area contributed by atoms with Gasteiger partial charge in [0.05, 0.1) is 11.7 Å². The highest BCUT2D eigenvalue weighted by molar-refractivity contribution is 5.77. The zero-order chi connectivity index (χ0) is 12.6. The Hall–Kier alpha value is -0.610. The summed E-state index contributed by atoms with van der Waals surface area (Å²) in [4.78, 5) is 13.9. The zero-order valence-corrected chi connectivity index (χ0v) is 11.0. The third-order valence-corrected chi connectivity index (χ3v) is 2.53. The Kier molecular flexibility index (Phi) is 3.65. The number of amides is 1. The van der Waals surface area contributed by atoms with Gasteiger partial charge in [0.25, 0.3) is 0 Å². The quantitative estimate of drug-likeness (QED) is 0.771. The van der Waals surface area contributed by atoms with E-state index >= 15 is 0 Å². The Labute approximate surface area is 98.1 Å². The van der Waals surface area contributed by atoms with Crippen LogP contribution in [0, 0.1) is 0 Å². The molecule has 0 radical (unpaired) electrons. The van der Waals surface area contributed by atoms with Crippen LogP contribution in [0.5, 0.6) is 0 Å². The lowest BCUT2D eigenvalue weighted by Gasteiger charge is -2.42. The Bertz CT molecular complexity index is 269. The highest BCUT2D eigenvalue weighted by Crippen LogP contribution is 2.22. The number of hydrogen-bond acceptors (Lipinski definition) is 3. The number of morpholine rings is 1. The number of carbonyl (C=O) groups is 1. The summed E-state index contributed by atoms with van der Waals surface area (Å²) >= 11 is 0. The van der Waals surface area contributed by atoms with Crippen molar-refractivity contribution in [3.05, 3.63) is 0 Å². The monoisotopic (exact) mass is 228 g/mol. The van der Waals surface area contributed by atoms with Crippen molar-refractivity contribution in [3.8, 4) is 0 Å². The minimum Gasteiger partial charge on any atom is -0.369 e. The zero-order valence-electron chi connectivity index (χ0n) is 11.0. The Balaban J connectivity index is 2.63. The number of hydrogen-bond donors (Lipinski definition) is 1. The van der Waals surface area contributed by atoms with Gasteiger partial charge < -0.3 is 15.4 Å². The van der Waals surface area contributed by atoms with E-state index in [2.05, 4.69) is 0 Å². The van der Waals surface area contributed by atoms with Crippen LogP contribution in [0.15, 0.2) is 0 Å². The molecule has 1 aliphatic heterocycles. The van der Waals surface area contributed by atoms with Gasteiger partial charge in [-0.2, -0.15) is 0 Å². The van der Waals surface area contributed by atoms with E-state index in [9.17, 15) is 4.79 Å². The van der Waals surface area contributed by atoms with Gasteiger partial charge in [-0.3, -0.25) is 4.79 Å². The molecular weight excluding hydrogens is 204 g/mol. The smallest absolute Gasteiger partial charge is 0.224 e. The molecule has 0 saturated carbocycles. The lowest BCUT2D eigenvalue weighted by atomic mass is 9.99. The van der Waals surface area contributed by atoms with E-state index in [1.165, 1.54) is 0 Å². The first-order chi connectivity index (χ1) is 7.09. The van der Waals surface area contributed by atoms with Gasteiger partial charge in [0.15, 0.2) is 0 Å². The molecular formula is C12H24N2O2. The summed E-state index contributed by atoms with van der Waals surface area (Å²) in [5.41, 5.74) is 5.17. The maximum Gasteiger partial charge on any atom is 0.224 e. The summed E-state index contributed by atoms with van der Waals surface area (Å²) in [6.45, 7) is 11.1. The number of nitrogens with two attached hydrogens (primary N) is 1. The molecule has 0 aromatic heterocycles. The van der Waals surface area contributed by atoms with Crippen molar-refractivity contribution < 1.29 is 9.53 Å². The third-order valence-electron chi connectivity index (χ3n) is 2.53. The van der Waals surface area contributed by atoms with Gasteiger partial charge >= 0.3 is 0 Å². The van der Waals surface area contributed by atoms with Crippen molar-refractivity contribution in [2.24, 2.45) is 5.73 Å². The summed E-state index contributed by atoms with van der Waals surface area (Å²) in [6, 6.07) is 0. The molecule has 0 aromatic rings. The van der Waals surface area contributed by atoms with E-state index in [0.29, 0.717) is 19.5 Å². The minimum absolute atomic E-state index is 0.0913. The van der Waals surface area contributed by atoms with E-state index in [0.717, 1.165) is 0 Å². The van der Waals surface area contributed by atoms with E-state index in [-0.39, 0.29) is 17.6 Å². The first kappa shape index (κ1) is 13.5. The average Bonchev–Trinajstić information content (AvgIpc) is 1.96. The molecule has 1 aliphatic rings. The summed E-state index contributed by atoms with van der Waals surface area (Å²) < 4.78 is 5.76. The van der Waals surface area contributed by atoms with Crippen molar-refractivity contribution >= 4 is 5.91 Å². The molecule has 16 heavy (non-hydrogen) atoms. The van der Waals surface area contributed by atoms with Gasteiger partial charge in [-0.15, -0.1) is 0 Å². The average molecular weight is 228 g/mol. The largest absolute Gasteiger partial charge is 0.369 e. The van der Waals surface area contributed by atoms with Crippen LogP contribution in [-0.2, 0) is 9.53 Å². The lowest BCUT2D eigenvalue weighted by molar-refractivity contribution is -0.158. The first-order valence-electron chi connectivity index (χ1n) is 5.83. The SMILES string of the molecule is CC1CN(C(=O)CC(C)(C)N)CC(C)(C)O1. The normalized spacial score (nSPS) is 25.6. The van der Waals surface area contributed by atoms with Crippen LogP contribution in [0.25, 0.3) is 0 Å². The molecule has 1 amide bonds. The second-order valence-corrected chi connectivity index (χ2v) is 6.13. The minimum atomic E-state index is -0.442. The number of nitrogens with zero attached hydrogens (tertiary/aromatic N) is 1. The number of ether oxygens (including phenoxy) is 1. The second-order valence-electron chi connectivity index (χ2n) is 6.13. The maximum absolute atomic E-state index is 12.0. The topological polar surface area (TPSA) is 55.6 Å². The molecule has 4 nitrogen and oxygen atoms in total. The lowest BCUT2D eigenvalue weighted by Crippen LogP contribution is -2.55. The molecule has 1 heterocycles. The van der Waals surface area contributed by atoms with Gasteiger partial charge in [-0.05, 0) is 34.6 Å². The fraction of sp³-hybridized carbons (Fsp3) is 0.917. The van der Waals surface area contributed by atoms with Crippen LogP contribution in [0.4, 0.5) is 0 Å². The Morgan fingerprint density at radius 3 is 2.56 bits per heavy atom. The molecule has 1 unspecified atom stereocenters. The maximum atomic E-state index is 12.0. The molecule has 1 rings (SSSR count). The predicted molar refractivity (Wildman–Crippen MR) is 64.1 cm³/mol. The predicted octanol–water partition coefficient (Wildman–Crippen LogP) is 1.14. The molecule has 2 N–H and O–H groups in total. The van der Waals surface area contributed by atoms with Gasteiger partial charge in [0, 0.05) is 25.0 Å². The van der Waals surface area contributed by atoms with Crippen LogP contribution in [-0.4, -0.2) is 41.1 Å². The van der Waals surface area contributed by atoms with Crippen molar-refractivity contribution in [2.45, 2.75) is 58.3 Å². The molecule has 1 atom stereocenters. The van der Waals surface area contributed by atoms with Gasteiger partial charge in [0.2, 0.25) is 5.91 Å². The van der Waals surface area contributed by atoms with E-state index in [1.807, 2.05) is 39.5 Å². The van der Waals surface area contributed by atoms with Gasteiger partial charge in [0.1, 0.15) is 0 Å². The highest BCUT2D eigenvalue weighted by atomic mass is 16.5. The Morgan fingerprint density at radius 2 is 2.12 bits per heavy atom. The second kappa shape index (κ2) is 4.34. The number of rotatable bonds is 2. The van der Waals surface area contributed by atoms with Crippen LogP contribution in [0.3, 0.4) is 0 Å². The molecule has 0 bridgehead atoms. The van der Waals surface area contributed by atoms with Crippen LogP contribution < -0.4 is 5.73 Å². The summed E-state index contributed by atoms with van der Waals surface area (Å²) in [6.07, 6.45) is 0.476. The molecule has 1 fully saturated rings. The number of carbonyl (C=O) groups excluding carboxylic acids is 1. The molecule has 0 aromatic carbocycles. The summed E-state index contributed by atoms with van der Waals surface area (Å²) in [5, 5.41) is 0.